The molecule has 140 valence electrons. The fourth-order valence-electron chi connectivity index (χ4n) is 2.68. The van der Waals surface area contributed by atoms with E-state index in [1.54, 1.807) is 29.3 Å². The van der Waals surface area contributed by atoms with Crippen LogP contribution in [0, 0.1) is 0 Å². The Morgan fingerprint density at radius 1 is 0.885 bits per heavy atom. The Labute approximate surface area is 156 Å². The molecule has 0 bridgehead atoms. The molecule has 0 saturated heterocycles. The second kappa shape index (κ2) is 12.1. The number of benzene rings is 1. The molecule has 4 heteroatoms. The van der Waals surface area contributed by atoms with Crippen LogP contribution in [0.4, 0.5) is 0 Å². The number of aromatic nitrogens is 1. The predicted octanol–water partition coefficient (Wildman–Crippen LogP) is 4.16. The highest BCUT2D eigenvalue weighted by molar-refractivity contribution is 5.88. The van der Waals surface area contributed by atoms with Crippen molar-refractivity contribution in [1.29, 1.82) is 0 Å². The van der Waals surface area contributed by atoms with Gasteiger partial charge < -0.3 is 4.74 Å². The number of unbranched alkanes of at least 4 members (excludes halogenated alkanes) is 5. The minimum Gasteiger partial charge on any atom is -0.462 e. The molecule has 0 aliphatic heterocycles. The molecule has 0 amide bonds. The molecule has 26 heavy (non-hydrogen) atoms. The highest BCUT2D eigenvalue weighted by Crippen LogP contribution is 2.06. The van der Waals surface area contributed by atoms with Gasteiger partial charge in [0.05, 0.1) is 12.2 Å². The van der Waals surface area contributed by atoms with Crippen molar-refractivity contribution >= 4 is 5.97 Å². The zero-order valence-corrected chi connectivity index (χ0v) is 15.7. The third kappa shape index (κ3) is 7.68. The molecule has 2 aromatic rings. The number of ether oxygens (including phenoxy) is 1. The Hall–Kier alpha value is -2.36. The molecule has 4 nitrogen and oxygen atoms in total. The minimum absolute atomic E-state index is 0.269. The van der Waals surface area contributed by atoms with Crippen LogP contribution in [0.15, 0.2) is 54.9 Å². The van der Waals surface area contributed by atoms with Gasteiger partial charge in [-0.2, -0.15) is 0 Å². The van der Waals surface area contributed by atoms with Crippen molar-refractivity contribution in [1.82, 2.24) is 0 Å². The average Bonchev–Trinajstić information content (AvgIpc) is 2.68. The minimum atomic E-state index is -0.269. The number of hydrogen-bond acceptors (Lipinski definition) is 3. The molecule has 1 heterocycles. The highest BCUT2D eigenvalue weighted by Gasteiger charge is 2.10. The van der Waals surface area contributed by atoms with E-state index in [4.69, 9.17) is 9.57 Å². The SMILES string of the molecule is CCCCCCCCOC(=O)c1cc[n+](OCCc2ccccc2)cc1. The summed E-state index contributed by atoms with van der Waals surface area (Å²) in [6, 6.07) is 13.7. The molecule has 0 spiro atoms. The summed E-state index contributed by atoms with van der Waals surface area (Å²) in [5, 5.41) is 0. The molecule has 0 saturated carbocycles. The molecule has 1 aromatic carbocycles. The number of hydrogen-bond donors (Lipinski definition) is 0. The molecule has 0 aliphatic rings. The largest absolute Gasteiger partial charge is 0.462 e. The first-order valence-corrected chi connectivity index (χ1v) is 9.65. The van der Waals surface area contributed by atoms with Crippen molar-refractivity contribution in [3.05, 3.63) is 66.0 Å². The molecule has 0 aliphatic carbocycles. The van der Waals surface area contributed by atoms with Crippen LogP contribution in [0.2, 0.25) is 0 Å². The summed E-state index contributed by atoms with van der Waals surface area (Å²) >= 11 is 0. The van der Waals surface area contributed by atoms with E-state index in [0.717, 1.165) is 19.3 Å². The van der Waals surface area contributed by atoms with Crippen LogP contribution < -0.4 is 9.57 Å². The molecule has 0 N–H and O–H groups in total. The quantitative estimate of drug-likeness (QED) is 0.326. The molecule has 1 aromatic heterocycles. The van der Waals surface area contributed by atoms with Gasteiger partial charge in [-0.25, -0.2) is 4.79 Å². The van der Waals surface area contributed by atoms with Crippen LogP contribution >= 0.6 is 0 Å². The van der Waals surface area contributed by atoms with E-state index >= 15 is 0 Å². The maximum absolute atomic E-state index is 12.0. The summed E-state index contributed by atoms with van der Waals surface area (Å²) in [6.45, 7) is 3.28. The Balaban J connectivity index is 1.63. The topological polar surface area (TPSA) is 39.4 Å². The lowest BCUT2D eigenvalue weighted by Crippen LogP contribution is -2.42. The van der Waals surface area contributed by atoms with Crippen molar-refractivity contribution in [3.63, 3.8) is 0 Å². The van der Waals surface area contributed by atoms with E-state index in [-0.39, 0.29) is 5.97 Å². The maximum atomic E-state index is 12.0. The van der Waals surface area contributed by atoms with Gasteiger partial charge in [-0.05, 0) is 12.0 Å². The average molecular weight is 356 g/mol. The van der Waals surface area contributed by atoms with Crippen molar-refractivity contribution in [2.75, 3.05) is 13.2 Å². The number of esters is 1. The van der Waals surface area contributed by atoms with Gasteiger partial charge in [-0.15, -0.1) is 0 Å². The van der Waals surface area contributed by atoms with E-state index in [2.05, 4.69) is 19.1 Å². The van der Waals surface area contributed by atoms with Crippen LogP contribution in [0.3, 0.4) is 0 Å². The number of nitrogens with zero attached hydrogens (tertiary/aromatic N) is 1. The lowest BCUT2D eigenvalue weighted by Gasteiger charge is -2.04. The predicted molar refractivity (Wildman–Crippen MR) is 102 cm³/mol. The lowest BCUT2D eigenvalue weighted by atomic mass is 10.1. The summed E-state index contributed by atoms with van der Waals surface area (Å²) in [5.74, 6) is -0.269. The Kier molecular flexibility index (Phi) is 9.26. The highest BCUT2D eigenvalue weighted by atomic mass is 16.7. The standard InChI is InChI=1S/C22H30NO3/c1-2-3-4-5-6-10-18-25-22(24)21-13-16-23(17-14-21)26-19-15-20-11-8-7-9-12-20/h7-9,11-14,16-17H,2-6,10,15,18-19H2,1H3/q+1. The van der Waals surface area contributed by atoms with E-state index in [9.17, 15) is 4.79 Å². The lowest BCUT2D eigenvalue weighted by molar-refractivity contribution is -0.891. The van der Waals surface area contributed by atoms with Crippen LogP contribution in [0.5, 0.6) is 0 Å². The Morgan fingerprint density at radius 3 is 2.31 bits per heavy atom. The summed E-state index contributed by atoms with van der Waals surface area (Å²) in [7, 11) is 0. The van der Waals surface area contributed by atoms with Gasteiger partial charge in [-0.3, -0.25) is 4.84 Å². The van der Waals surface area contributed by atoms with Gasteiger partial charge in [0, 0.05) is 23.3 Å². The summed E-state index contributed by atoms with van der Waals surface area (Å²) in [4.78, 5) is 17.7. The second-order valence-electron chi connectivity index (χ2n) is 6.42. The Bertz CT molecular complexity index is 626. The number of rotatable bonds is 12. The normalized spacial score (nSPS) is 10.5. The summed E-state index contributed by atoms with van der Waals surface area (Å²) in [5.41, 5.74) is 1.79. The first-order chi connectivity index (χ1) is 12.8. The molecular weight excluding hydrogens is 326 g/mol. The molecule has 2 rings (SSSR count). The number of carbonyl (C=O) groups is 1. The van der Waals surface area contributed by atoms with E-state index in [1.165, 1.54) is 31.2 Å². The molecular formula is C22H30NO3+. The van der Waals surface area contributed by atoms with Crippen molar-refractivity contribution < 1.29 is 19.1 Å². The monoisotopic (exact) mass is 356 g/mol. The van der Waals surface area contributed by atoms with Crippen molar-refractivity contribution in [3.8, 4) is 0 Å². The smallest absolute Gasteiger partial charge is 0.338 e. The molecule has 0 unspecified atom stereocenters. The van der Waals surface area contributed by atoms with Crippen molar-refractivity contribution in [2.24, 2.45) is 0 Å². The van der Waals surface area contributed by atoms with Gasteiger partial charge >= 0.3 is 5.97 Å². The first-order valence-electron chi connectivity index (χ1n) is 9.65. The van der Waals surface area contributed by atoms with Gasteiger partial charge in [0.2, 0.25) is 12.4 Å². The van der Waals surface area contributed by atoms with Crippen LogP contribution in [0.1, 0.15) is 61.4 Å². The molecule has 0 radical (unpaired) electrons. The molecule has 0 atom stereocenters. The van der Waals surface area contributed by atoms with Gasteiger partial charge in [0.1, 0.15) is 0 Å². The van der Waals surface area contributed by atoms with E-state index in [1.807, 2.05) is 18.2 Å². The van der Waals surface area contributed by atoms with Crippen LogP contribution in [-0.4, -0.2) is 19.2 Å². The number of carbonyl (C=O) groups excluding carboxylic acids is 1. The zero-order chi connectivity index (χ0) is 18.5. The molecule has 0 fully saturated rings. The fraction of sp³-hybridized carbons (Fsp3) is 0.455. The van der Waals surface area contributed by atoms with Gasteiger partial charge in [0.15, 0.2) is 6.61 Å². The second-order valence-corrected chi connectivity index (χ2v) is 6.42. The Morgan fingerprint density at radius 2 is 1.58 bits per heavy atom. The fourth-order valence-corrected chi connectivity index (χ4v) is 2.68. The maximum Gasteiger partial charge on any atom is 0.338 e. The number of pyridine rings is 1. The van der Waals surface area contributed by atoms with Gasteiger partial charge in [0.25, 0.3) is 0 Å². The first kappa shape index (κ1) is 20.0. The third-order valence-corrected chi connectivity index (χ3v) is 4.24. The summed E-state index contributed by atoms with van der Waals surface area (Å²) in [6.07, 6.45) is 11.4. The van der Waals surface area contributed by atoms with Crippen LogP contribution in [-0.2, 0) is 11.2 Å². The van der Waals surface area contributed by atoms with Crippen LogP contribution in [0.25, 0.3) is 0 Å². The zero-order valence-electron chi connectivity index (χ0n) is 15.7. The summed E-state index contributed by atoms with van der Waals surface area (Å²) < 4.78 is 6.94. The van der Waals surface area contributed by atoms with E-state index < -0.39 is 0 Å². The van der Waals surface area contributed by atoms with E-state index in [0.29, 0.717) is 18.8 Å². The van der Waals surface area contributed by atoms with Gasteiger partial charge in [-0.1, -0.05) is 69.4 Å². The third-order valence-electron chi connectivity index (χ3n) is 4.24. The van der Waals surface area contributed by atoms with Crippen molar-refractivity contribution in [2.45, 2.75) is 51.9 Å².